The second kappa shape index (κ2) is 6.25. The Balaban J connectivity index is 2.28. The molecule has 2 nitrogen and oxygen atoms in total. The monoisotopic (exact) mass is 304 g/mol. The summed E-state index contributed by atoms with van der Waals surface area (Å²) in [6.07, 6.45) is 0. The highest BCUT2D eigenvalue weighted by atomic mass is 35.5. The highest BCUT2D eigenvalue weighted by Gasteiger charge is 2.12. The zero-order valence-electron chi connectivity index (χ0n) is 11.5. The van der Waals surface area contributed by atoms with Gasteiger partial charge in [-0.2, -0.15) is 0 Å². The summed E-state index contributed by atoms with van der Waals surface area (Å²) < 4.78 is 0. The number of rotatable bonds is 4. The smallest absolute Gasteiger partial charge is 0.107 e. The van der Waals surface area contributed by atoms with Gasteiger partial charge in [0.2, 0.25) is 0 Å². The first-order chi connectivity index (χ1) is 9.49. The number of nitrogens with one attached hydrogen (secondary N) is 1. The number of halogens is 1. The topological polar surface area (TPSA) is 38.0 Å². The van der Waals surface area contributed by atoms with Crippen LogP contribution in [0.5, 0.6) is 0 Å². The van der Waals surface area contributed by atoms with Crippen molar-refractivity contribution in [2.75, 3.05) is 5.32 Å². The average Bonchev–Trinajstić information content (AvgIpc) is 2.39. The average molecular weight is 305 g/mol. The predicted octanol–water partition coefficient (Wildman–Crippen LogP) is 4.46. The van der Waals surface area contributed by atoms with Gasteiger partial charge in [-0.3, -0.25) is 0 Å². The number of thiocarbonyl (C=S) groups is 1. The maximum atomic E-state index is 6.17. The van der Waals surface area contributed by atoms with Gasteiger partial charge in [0.15, 0.2) is 0 Å². The van der Waals surface area contributed by atoms with Crippen LogP contribution in [-0.2, 0) is 0 Å². The second-order valence-electron chi connectivity index (χ2n) is 4.80. The van der Waals surface area contributed by atoms with Crippen LogP contribution in [0.1, 0.15) is 29.7 Å². The van der Waals surface area contributed by atoms with E-state index in [4.69, 9.17) is 29.6 Å². The minimum atomic E-state index is 0.141. The number of hydrogen-bond donors (Lipinski definition) is 2. The van der Waals surface area contributed by atoms with Gasteiger partial charge in [-0.1, -0.05) is 59.7 Å². The Morgan fingerprint density at radius 1 is 1.20 bits per heavy atom. The molecule has 0 amide bonds. The second-order valence-corrected chi connectivity index (χ2v) is 5.65. The largest absolute Gasteiger partial charge is 0.389 e. The van der Waals surface area contributed by atoms with Crippen molar-refractivity contribution in [3.63, 3.8) is 0 Å². The molecule has 4 heteroatoms. The molecule has 2 aromatic carbocycles. The van der Waals surface area contributed by atoms with Crippen molar-refractivity contribution in [2.24, 2.45) is 5.73 Å². The summed E-state index contributed by atoms with van der Waals surface area (Å²) in [7, 11) is 0. The van der Waals surface area contributed by atoms with Crippen LogP contribution in [0.25, 0.3) is 0 Å². The van der Waals surface area contributed by atoms with Crippen LogP contribution in [0.4, 0.5) is 5.69 Å². The van der Waals surface area contributed by atoms with Crippen molar-refractivity contribution in [1.82, 2.24) is 0 Å². The van der Waals surface area contributed by atoms with Crippen molar-refractivity contribution >= 4 is 34.5 Å². The zero-order chi connectivity index (χ0) is 14.7. The molecule has 0 saturated carbocycles. The summed E-state index contributed by atoms with van der Waals surface area (Å²) in [5.74, 6) is 0. The molecular formula is C16H17ClN2S. The highest BCUT2D eigenvalue weighted by molar-refractivity contribution is 7.80. The Labute approximate surface area is 130 Å². The molecule has 0 aromatic heterocycles. The number of benzene rings is 2. The Morgan fingerprint density at radius 2 is 1.85 bits per heavy atom. The number of nitrogens with two attached hydrogens (primary N) is 1. The van der Waals surface area contributed by atoms with E-state index >= 15 is 0 Å². The molecule has 0 aliphatic heterocycles. The fourth-order valence-corrected chi connectivity index (χ4v) is 2.62. The molecule has 0 aliphatic rings. The van der Waals surface area contributed by atoms with Crippen LogP contribution in [0, 0.1) is 6.92 Å². The van der Waals surface area contributed by atoms with E-state index in [1.54, 1.807) is 6.07 Å². The lowest BCUT2D eigenvalue weighted by molar-refractivity contribution is 0.883. The van der Waals surface area contributed by atoms with Crippen LogP contribution in [0.3, 0.4) is 0 Å². The molecule has 104 valence electrons. The molecule has 0 radical (unpaired) electrons. The minimum absolute atomic E-state index is 0.141. The Hall–Kier alpha value is -1.58. The fourth-order valence-electron chi connectivity index (χ4n) is 2.07. The molecule has 20 heavy (non-hydrogen) atoms. The quantitative estimate of drug-likeness (QED) is 0.819. The fraction of sp³-hybridized carbons (Fsp3) is 0.188. The predicted molar refractivity (Wildman–Crippen MR) is 90.6 cm³/mol. The van der Waals surface area contributed by atoms with Gasteiger partial charge in [0, 0.05) is 11.7 Å². The van der Waals surface area contributed by atoms with Crippen molar-refractivity contribution in [1.29, 1.82) is 0 Å². The number of hydrogen-bond acceptors (Lipinski definition) is 2. The van der Waals surface area contributed by atoms with Gasteiger partial charge in [-0.15, -0.1) is 0 Å². The van der Waals surface area contributed by atoms with E-state index in [2.05, 4.69) is 43.4 Å². The lowest BCUT2D eigenvalue weighted by Crippen LogP contribution is -2.15. The Morgan fingerprint density at radius 3 is 2.45 bits per heavy atom. The zero-order valence-corrected chi connectivity index (χ0v) is 13.1. The van der Waals surface area contributed by atoms with Crippen LogP contribution in [0.15, 0.2) is 42.5 Å². The summed E-state index contributed by atoms with van der Waals surface area (Å²) in [5, 5.41) is 3.98. The standard InChI is InChI=1S/C16H17ClN2S/c1-10-6-8-12(9-7-10)11(2)19-14-5-3-4-13(17)15(14)16(18)20/h3-9,11,19H,1-2H3,(H2,18,20). The third-order valence-corrected chi connectivity index (χ3v) is 3.73. The molecule has 3 N–H and O–H groups in total. The first-order valence-electron chi connectivity index (χ1n) is 6.40. The summed E-state index contributed by atoms with van der Waals surface area (Å²) in [4.78, 5) is 0.300. The van der Waals surface area contributed by atoms with Gasteiger partial charge in [-0.25, -0.2) is 0 Å². The van der Waals surface area contributed by atoms with Crippen LogP contribution in [-0.4, -0.2) is 4.99 Å². The van der Waals surface area contributed by atoms with Crippen molar-refractivity contribution < 1.29 is 0 Å². The van der Waals surface area contributed by atoms with Crippen LogP contribution >= 0.6 is 23.8 Å². The van der Waals surface area contributed by atoms with E-state index in [0.717, 1.165) is 5.69 Å². The summed E-state index contributed by atoms with van der Waals surface area (Å²) >= 11 is 11.2. The first-order valence-corrected chi connectivity index (χ1v) is 7.19. The summed E-state index contributed by atoms with van der Waals surface area (Å²) in [5.41, 5.74) is 9.75. The molecule has 0 bridgehead atoms. The van der Waals surface area contributed by atoms with E-state index in [1.807, 2.05) is 12.1 Å². The van der Waals surface area contributed by atoms with Gasteiger partial charge in [-0.05, 0) is 31.5 Å². The normalized spacial score (nSPS) is 11.9. The molecule has 2 aromatic rings. The van der Waals surface area contributed by atoms with Gasteiger partial charge in [0.05, 0.1) is 10.6 Å². The maximum Gasteiger partial charge on any atom is 0.107 e. The van der Waals surface area contributed by atoms with Gasteiger partial charge in [0.25, 0.3) is 0 Å². The number of aryl methyl sites for hydroxylation is 1. The summed E-state index contributed by atoms with van der Waals surface area (Å²) in [6.45, 7) is 4.17. The van der Waals surface area contributed by atoms with Crippen molar-refractivity contribution in [2.45, 2.75) is 19.9 Å². The molecule has 0 aliphatic carbocycles. The molecular weight excluding hydrogens is 288 g/mol. The van der Waals surface area contributed by atoms with Gasteiger partial charge in [0.1, 0.15) is 4.99 Å². The van der Waals surface area contributed by atoms with Crippen molar-refractivity contribution in [3.05, 3.63) is 64.2 Å². The lowest BCUT2D eigenvalue weighted by Gasteiger charge is -2.19. The molecule has 1 unspecified atom stereocenters. The third kappa shape index (κ3) is 3.30. The Bertz CT molecular complexity index is 623. The molecule has 0 saturated heterocycles. The molecule has 0 spiro atoms. The SMILES string of the molecule is Cc1ccc(C(C)Nc2cccc(Cl)c2C(N)=S)cc1. The van der Waals surface area contributed by atoms with E-state index in [0.29, 0.717) is 15.6 Å². The van der Waals surface area contributed by atoms with E-state index in [1.165, 1.54) is 11.1 Å². The van der Waals surface area contributed by atoms with Gasteiger partial charge < -0.3 is 11.1 Å². The molecule has 0 fully saturated rings. The van der Waals surface area contributed by atoms with E-state index in [9.17, 15) is 0 Å². The molecule has 2 rings (SSSR count). The lowest BCUT2D eigenvalue weighted by atomic mass is 10.1. The first kappa shape index (κ1) is 14.8. The van der Waals surface area contributed by atoms with E-state index in [-0.39, 0.29) is 6.04 Å². The third-order valence-electron chi connectivity index (χ3n) is 3.21. The van der Waals surface area contributed by atoms with Crippen molar-refractivity contribution in [3.8, 4) is 0 Å². The minimum Gasteiger partial charge on any atom is -0.389 e. The Kier molecular flexibility index (Phi) is 4.63. The summed E-state index contributed by atoms with van der Waals surface area (Å²) in [6, 6.07) is 14.2. The van der Waals surface area contributed by atoms with Crippen LogP contribution in [0.2, 0.25) is 5.02 Å². The highest BCUT2D eigenvalue weighted by Crippen LogP contribution is 2.27. The molecule has 0 heterocycles. The van der Waals surface area contributed by atoms with E-state index < -0.39 is 0 Å². The van der Waals surface area contributed by atoms with Gasteiger partial charge >= 0.3 is 0 Å². The maximum absolute atomic E-state index is 6.17. The molecule has 1 atom stereocenters. The van der Waals surface area contributed by atoms with Crippen LogP contribution < -0.4 is 11.1 Å². The number of anilines is 1.